The van der Waals surface area contributed by atoms with E-state index in [1.165, 1.54) is 18.2 Å². The summed E-state index contributed by atoms with van der Waals surface area (Å²) in [7, 11) is 0. The number of nitrogens with zero attached hydrogens (tertiary/aromatic N) is 2. The van der Waals surface area contributed by atoms with E-state index in [9.17, 15) is 19.7 Å². The summed E-state index contributed by atoms with van der Waals surface area (Å²) in [5.41, 5.74) is 1.96. The van der Waals surface area contributed by atoms with Gasteiger partial charge in [0.2, 0.25) is 0 Å². The Kier molecular flexibility index (Phi) is 7.95. The van der Waals surface area contributed by atoms with Crippen molar-refractivity contribution >= 4 is 78.1 Å². The third-order valence-electron chi connectivity index (χ3n) is 4.95. The molecular formula is C24H15Br2ClN2O5S. The van der Waals surface area contributed by atoms with E-state index in [0.717, 1.165) is 26.7 Å². The molecule has 35 heavy (non-hydrogen) atoms. The van der Waals surface area contributed by atoms with Crippen LogP contribution in [0.2, 0.25) is 5.02 Å². The number of hydrogen-bond acceptors (Lipinski definition) is 6. The molecule has 178 valence electrons. The monoisotopic (exact) mass is 636 g/mol. The molecule has 11 heteroatoms. The quantitative estimate of drug-likeness (QED) is 0.151. The average Bonchev–Trinajstić information content (AvgIpc) is 3.07. The standard InChI is InChI=1S/C24H15Br2ClN2O5S/c25-17-6-4-14(5-7-17)13-34-22-19(26)9-16(10-20(22)27)11-21-23(30)28(24(31)35-21)12-15-2-1-3-18(8-15)29(32)33/h1-11H,12-13H2/b21-11+. The molecule has 0 spiro atoms. The Morgan fingerprint density at radius 1 is 1.06 bits per heavy atom. The Balaban J connectivity index is 1.49. The molecule has 0 radical (unpaired) electrons. The van der Waals surface area contributed by atoms with E-state index in [0.29, 0.717) is 33.0 Å². The molecule has 0 aromatic heterocycles. The SMILES string of the molecule is O=C1S/C(=C/c2cc(Cl)c(OCc3ccc(Br)cc3)c(Br)c2)C(=O)N1Cc1cccc([N+](=O)[O-])c1. The fourth-order valence-corrected chi connectivity index (χ4v) is 5.37. The van der Waals surface area contributed by atoms with Gasteiger partial charge in [0.15, 0.2) is 5.75 Å². The Bertz CT molecular complexity index is 1340. The lowest BCUT2D eigenvalue weighted by molar-refractivity contribution is -0.384. The number of ether oxygens (including phenoxy) is 1. The zero-order valence-electron chi connectivity index (χ0n) is 17.7. The Morgan fingerprint density at radius 3 is 2.49 bits per heavy atom. The summed E-state index contributed by atoms with van der Waals surface area (Å²) in [6.45, 7) is 0.262. The van der Waals surface area contributed by atoms with E-state index in [1.54, 1.807) is 24.3 Å². The van der Waals surface area contributed by atoms with Crippen LogP contribution in [0.1, 0.15) is 16.7 Å². The van der Waals surface area contributed by atoms with Crippen LogP contribution >= 0.6 is 55.2 Å². The van der Waals surface area contributed by atoms with Gasteiger partial charge in [-0.2, -0.15) is 0 Å². The number of carbonyl (C=O) groups excluding carboxylic acids is 2. The van der Waals surface area contributed by atoms with Crippen LogP contribution in [0.15, 0.2) is 74.5 Å². The number of thioether (sulfide) groups is 1. The van der Waals surface area contributed by atoms with Gasteiger partial charge >= 0.3 is 0 Å². The molecule has 0 aliphatic carbocycles. The van der Waals surface area contributed by atoms with Gasteiger partial charge in [0.25, 0.3) is 16.8 Å². The minimum atomic E-state index is -0.523. The van der Waals surface area contributed by atoms with Gasteiger partial charge in [0.1, 0.15) is 6.61 Å². The molecule has 1 aliphatic rings. The maximum absolute atomic E-state index is 12.9. The normalized spacial score (nSPS) is 14.6. The molecule has 0 N–H and O–H groups in total. The minimum Gasteiger partial charge on any atom is -0.486 e. The molecule has 0 unspecified atom stereocenters. The van der Waals surface area contributed by atoms with Crippen molar-refractivity contribution < 1.29 is 19.2 Å². The van der Waals surface area contributed by atoms with E-state index in [1.807, 2.05) is 24.3 Å². The lowest BCUT2D eigenvalue weighted by Gasteiger charge is -2.12. The van der Waals surface area contributed by atoms with Gasteiger partial charge in [-0.15, -0.1) is 0 Å². The second-order valence-corrected chi connectivity index (χ2v) is 10.6. The summed E-state index contributed by atoms with van der Waals surface area (Å²) in [5, 5.41) is 10.9. The van der Waals surface area contributed by atoms with Crippen molar-refractivity contribution in [3.05, 3.63) is 106 Å². The predicted molar refractivity (Wildman–Crippen MR) is 142 cm³/mol. The first kappa shape index (κ1) is 25.4. The van der Waals surface area contributed by atoms with Crippen molar-refractivity contribution in [2.45, 2.75) is 13.2 Å². The lowest BCUT2D eigenvalue weighted by atomic mass is 10.1. The second kappa shape index (κ2) is 10.9. The van der Waals surface area contributed by atoms with Crippen molar-refractivity contribution in [1.82, 2.24) is 4.90 Å². The zero-order chi connectivity index (χ0) is 25.1. The van der Waals surface area contributed by atoms with Gasteiger partial charge in [0, 0.05) is 16.6 Å². The molecule has 7 nitrogen and oxygen atoms in total. The largest absolute Gasteiger partial charge is 0.486 e. The molecule has 0 saturated carbocycles. The molecular weight excluding hydrogens is 624 g/mol. The van der Waals surface area contributed by atoms with Crippen molar-refractivity contribution in [1.29, 1.82) is 0 Å². The van der Waals surface area contributed by atoms with Gasteiger partial charge in [-0.25, -0.2) is 0 Å². The van der Waals surface area contributed by atoms with Gasteiger partial charge in [0.05, 0.1) is 25.9 Å². The number of rotatable bonds is 7. The molecule has 0 atom stereocenters. The van der Waals surface area contributed by atoms with E-state index in [2.05, 4.69) is 31.9 Å². The number of carbonyl (C=O) groups is 2. The third-order valence-corrected chi connectivity index (χ3v) is 7.26. The Morgan fingerprint density at radius 2 is 1.80 bits per heavy atom. The first-order valence-corrected chi connectivity index (χ1v) is 12.8. The summed E-state index contributed by atoms with van der Waals surface area (Å²) in [5.74, 6) is -0.0140. The van der Waals surface area contributed by atoms with Crippen molar-refractivity contribution in [2.75, 3.05) is 0 Å². The number of imide groups is 1. The lowest BCUT2D eigenvalue weighted by Crippen LogP contribution is -2.27. The average molecular weight is 639 g/mol. The van der Waals surface area contributed by atoms with Crippen LogP contribution < -0.4 is 4.74 Å². The van der Waals surface area contributed by atoms with Crippen LogP contribution in [0.5, 0.6) is 5.75 Å². The highest BCUT2D eigenvalue weighted by atomic mass is 79.9. The molecule has 3 aromatic carbocycles. The van der Waals surface area contributed by atoms with Gasteiger partial charge < -0.3 is 4.74 Å². The maximum Gasteiger partial charge on any atom is 0.293 e. The summed E-state index contributed by atoms with van der Waals surface area (Å²) in [6, 6.07) is 17.0. The molecule has 2 amide bonds. The topological polar surface area (TPSA) is 89.8 Å². The van der Waals surface area contributed by atoms with Gasteiger partial charge in [-0.3, -0.25) is 24.6 Å². The van der Waals surface area contributed by atoms with Gasteiger partial charge in [-0.05, 0) is 74.7 Å². The number of benzene rings is 3. The van der Waals surface area contributed by atoms with Crippen LogP contribution in [-0.4, -0.2) is 21.0 Å². The fourth-order valence-electron chi connectivity index (χ4n) is 3.28. The molecule has 0 bridgehead atoms. The van der Waals surface area contributed by atoms with E-state index in [-0.39, 0.29) is 17.1 Å². The maximum atomic E-state index is 12.9. The number of halogens is 3. The molecule has 3 aromatic rings. The molecule has 1 aliphatic heterocycles. The van der Waals surface area contributed by atoms with Gasteiger partial charge in [-0.1, -0.05) is 51.8 Å². The van der Waals surface area contributed by atoms with Crippen LogP contribution in [0.3, 0.4) is 0 Å². The van der Waals surface area contributed by atoms with Crippen LogP contribution in [-0.2, 0) is 17.9 Å². The summed E-state index contributed by atoms with van der Waals surface area (Å²) < 4.78 is 7.44. The van der Waals surface area contributed by atoms with E-state index < -0.39 is 16.1 Å². The zero-order valence-corrected chi connectivity index (χ0v) is 22.5. The number of nitro groups is 1. The summed E-state index contributed by atoms with van der Waals surface area (Å²) in [4.78, 5) is 37.1. The van der Waals surface area contributed by atoms with Crippen LogP contribution in [0.4, 0.5) is 10.5 Å². The number of amides is 2. The summed E-state index contributed by atoms with van der Waals surface area (Å²) in [6.07, 6.45) is 1.58. The molecule has 1 saturated heterocycles. The second-order valence-electron chi connectivity index (χ2n) is 7.42. The fraction of sp³-hybridized carbons (Fsp3) is 0.0833. The van der Waals surface area contributed by atoms with Crippen molar-refractivity contribution in [3.63, 3.8) is 0 Å². The van der Waals surface area contributed by atoms with E-state index in [4.69, 9.17) is 16.3 Å². The first-order chi connectivity index (χ1) is 16.7. The summed E-state index contributed by atoms with van der Waals surface area (Å²) >= 11 is 14.1. The smallest absolute Gasteiger partial charge is 0.293 e. The Labute approximate surface area is 226 Å². The van der Waals surface area contributed by atoms with Crippen LogP contribution in [0, 0.1) is 10.1 Å². The Hall–Kier alpha value is -2.66. The highest BCUT2D eigenvalue weighted by Gasteiger charge is 2.35. The third kappa shape index (κ3) is 6.13. The number of hydrogen-bond donors (Lipinski definition) is 0. The molecule has 1 fully saturated rings. The van der Waals surface area contributed by atoms with Crippen LogP contribution in [0.25, 0.3) is 6.08 Å². The van der Waals surface area contributed by atoms with Crippen molar-refractivity contribution in [3.8, 4) is 5.75 Å². The highest BCUT2D eigenvalue weighted by Crippen LogP contribution is 2.38. The molecule has 4 rings (SSSR count). The highest BCUT2D eigenvalue weighted by molar-refractivity contribution is 9.10. The predicted octanol–water partition coefficient (Wildman–Crippen LogP) is 7.59. The molecule has 1 heterocycles. The van der Waals surface area contributed by atoms with E-state index >= 15 is 0 Å². The number of non-ortho nitro benzene ring substituents is 1. The van der Waals surface area contributed by atoms with Crippen molar-refractivity contribution in [2.24, 2.45) is 0 Å². The minimum absolute atomic E-state index is 0.0586. The first-order valence-electron chi connectivity index (χ1n) is 10.1. The number of nitro benzene ring substituents is 1.